The predicted octanol–water partition coefficient (Wildman–Crippen LogP) is 3.69. The molecule has 1 aromatic carbocycles. The summed E-state index contributed by atoms with van der Waals surface area (Å²) in [4.78, 5) is 22.4. The number of carbonyl (C=O) groups excluding carboxylic acids is 1. The Balaban J connectivity index is 2.35. The number of hydrogen-bond acceptors (Lipinski definition) is 5. The van der Waals surface area contributed by atoms with Gasteiger partial charge in [0, 0.05) is 18.5 Å². The Kier molecular flexibility index (Phi) is 5.46. The molecule has 116 valence electrons. The Morgan fingerprint density at radius 3 is 2.68 bits per heavy atom. The molecular formula is C14H13ClN2O4S. The van der Waals surface area contributed by atoms with Gasteiger partial charge in [0.1, 0.15) is 0 Å². The van der Waals surface area contributed by atoms with Crippen LogP contribution in [0.3, 0.4) is 0 Å². The zero-order chi connectivity index (χ0) is 16.1. The minimum atomic E-state index is -0.515. The fourth-order valence-corrected chi connectivity index (χ4v) is 2.91. The Morgan fingerprint density at radius 2 is 2.09 bits per heavy atom. The molecule has 0 amide bonds. The van der Waals surface area contributed by atoms with Crippen LogP contribution in [0.15, 0.2) is 41.6 Å². The first-order valence-electron chi connectivity index (χ1n) is 6.42. The molecule has 1 aromatic heterocycles. The van der Waals surface area contributed by atoms with E-state index in [2.05, 4.69) is 0 Å². The van der Waals surface area contributed by atoms with Crippen LogP contribution in [0.2, 0.25) is 5.02 Å². The van der Waals surface area contributed by atoms with Crippen molar-refractivity contribution in [1.82, 2.24) is 4.57 Å². The van der Waals surface area contributed by atoms with Crippen LogP contribution in [0.1, 0.15) is 6.92 Å². The number of nitrogens with zero attached hydrogens (tertiary/aromatic N) is 2. The van der Waals surface area contributed by atoms with Crippen LogP contribution >= 0.6 is 23.4 Å². The highest BCUT2D eigenvalue weighted by Gasteiger charge is 2.19. The summed E-state index contributed by atoms with van der Waals surface area (Å²) in [6, 6.07) is 6.54. The smallest absolute Gasteiger partial charge is 0.316 e. The van der Waals surface area contributed by atoms with E-state index in [1.54, 1.807) is 30.0 Å². The van der Waals surface area contributed by atoms with Gasteiger partial charge in [-0.25, -0.2) is 0 Å². The average molecular weight is 341 g/mol. The number of carbonyl (C=O) groups is 1. The van der Waals surface area contributed by atoms with Crippen molar-refractivity contribution in [1.29, 1.82) is 0 Å². The molecule has 0 fully saturated rings. The molecule has 0 aliphatic heterocycles. The molecule has 0 saturated heterocycles. The summed E-state index contributed by atoms with van der Waals surface area (Å²) < 4.78 is 6.58. The highest BCUT2D eigenvalue weighted by molar-refractivity contribution is 8.00. The van der Waals surface area contributed by atoms with E-state index in [0.29, 0.717) is 10.6 Å². The number of halogens is 1. The number of thioether (sulfide) groups is 1. The zero-order valence-electron chi connectivity index (χ0n) is 11.7. The number of hydrogen-bond donors (Lipinski definition) is 0. The van der Waals surface area contributed by atoms with Crippen molar-refractivity contribution < 1.29 is 14.5 Å². The maximum absolute atomic E-state index is 11.4. The van der Waals surface area contributed by atoms with Crippen molar-refractivity contribution in [3.8, 4) is 5.69 Å². The third kappa shape index (κ3) is 3.80. The van der Waals surface area contributed by atoms with Gasteiger partial charge >= 0.3 is 5.97 Å². The van der Waals surface area contributed by atoms with E-state index in [4.69, 9.17) is 16.3 Å². The van der Waals surface area contributed by atoms with E-state index in [1.807, 2.05) is 12.1 Å². The second kappa shape index (κ2) is 7.33. The molecule has 0 aliphatic carbocycles. The van der Waals surface area contributed by atoms with Gasteiger partial charge in [0.05, 0.1) is 32.9 Å². The first-order chi connectivity index (χ1) is 10.5. The normalized spacial score (nSPS) is 10.5. The molecule has 0 spiro atoms. The molecule has 0 unspecified atom stereocenters. The van der Waals surface area contributed by atoms with Crippen molar-refractivity contribution in [2.24, 2.45) is 0 Å². The molecular weight excluding hydrogens is 328 g/mol. The van der Waals surface area contributed by atoms with Crippen LogP contribution in [0.25, 0.3) is 5.69 Å². The summed E-state index contributed by atoms with van der Waals surface area (Å²) >= 11 is 7.18. The molecule has 2 aromatic rings. The van der Waals surface area contributed by atoms with Gasteiger partial charge in [-0.15, -0.1) is 11.8 Å². The molecule has 6 nitrogen and oxygen atoms in total. The fourth-order valence-electron chi connectivity index (χ4n) is 1.82. The summed E-state index contributed by atoms with van der Waals surface area (Å²) in [7, 11) is 0. The number of ether oxygens (including phenoxy) is 1. The summed E-state index contributed by atoms with van der Waals surface area (Å²) in [6.07, 6.45) is 3.57. The lowest BCUT2D eigenvalue weighted by Gasteiger charge is -2.09. The van der Waals surface area contributed by atoms with Crippen LogP contribution < -0.4 is 0 Å². The minimum absolute atomic E-state index is 0.00142. The third-order valence-electron chi connectivity index (χ3n) is 2.76. The van der Waals surface area contributed by atoms with Crippen molar-refractivity contribution >= 4 is 35.0 Å². The van der Waals surface area contributed by atoms with E-state index in [9.17, 15) is 14.9 Å². The summed E-state index contributed by atoms with van der Waals surface area (Å²) in [5.41, 5.74) is 0.485. The number of nitro benzene ring substituents is 1. The van der Waals surface area contributed by atoms with Gasteiger partial charge in [0.2, 0.25) is 0 Å². The average Bonchev–Trinajstić information content (AvgIpc) is 2.99. The second-order valence-corrected chi connectivity index (χ2v) is 5.64. The summed E-state index contributed by atoms with van der Waals surface area (Å²) in [5, 5.41) is 11.4. The van der Waals surface area contributed by atoms with Crippen LogP contribution in [0.4, 0.5) is 5.69 Å². The molecule has 0 radical (unpaired) electrons. The lowest BCUT2D eigenvalue weighted by molar-refractivity contribution is -0.387. The Bertz CT molecular complexity index is 688. The van der Waals surface area contributed by atoms with E-state index in [0.717, 1.165) is 11.8 Å². The quantitative estimate of drug-likeness (QED) is 0.347. The molecule has 0 bridgehead atoms. The van der Waals surface area contributed by atoms with Gasteiger partial charge in [-0.1, -0.05) is 11.6 Å². The lowest BCUT2D eigenvalue weighted by Crippen LogP contribution is -2.07. The van der Waals surface area contributed by atoms with Crippen LogP contribution in [0, 0.1) is 10.1 Å². The Hall–Kier alpha value is -1.99. The highest BCUT2D eigenvalue weighted by Crippen LogP contribution is 2.35. The predicted molar refractivity (Wildman–Crippen MR) is 84.8 cm³/mol. The number of rotatable bonds is 6. The lowest BCUT2D eigenvalue weighted by atomic mass is 10.3. The van der Waals surface area contributed by atoms with Gasteiger partial charge in [-0.3, -0.25) is 14.9 Å². The molecule has 0 saturated carbocycles. The van der Waals surface area contributed by atoms with Gasteiger partial charge in [-0.05, 0) is 25.1 Å². The number of aromatic nitrogens is 1. The zero-order valence-corrected chi connectivity index (χ0v) is 13.3. The SMILES string of the molecule is CCOC(=O)CSc1cc(-n2cccc2)c(Cl)cc1[N+](=O)[O-]. The Labute approximate surface area is 136 Å². The topological polar surface area (TPSA) is 74.4 Å². The third-order valence-corrected chi connectivity index (χ3v) is 4.08. The van der Waals surface area contributed by atoms with Crippen molar-refractivity contribution in [2.75, 3.05) is 12.4 Å². The molecule has 0 aliphatic rings. The van der Waals surface area contributed by atoms with Crippen molar-refractivity contribution in [3.63, 3.8) is 0 Å². The molecule has 0 atom stereocenters. The monoisotopic (exact) mass is 340 g/mol. The van der Waals surface area contributed by atoms with E-state index in [1.165, 1.54) is 6.07 Å². The maximum Gasteiger partial charge on any atom is 0.316 e. The van der Waals surface area contributed by atoms with Gasteiger partial charge in [-0.2, -0.15) is 0 Å². The van der Waals surface area contributed by atoms with Crippen molar-refractivity contribution in [2.45, 2.75) is 11.8 Å². The fraction of sp³-hybridized carbons (Fsp3) is 0.214. The van der Waals surface area contributed by atoms with Gasteiger partial charge < -0.3 is 9.30 Å². The van der Waals surface area contributed by atoms with E-state index >= 15 is 0 Å². The summed E-state index contributed by atoms with van der Waals surface area (Å²) in [6.45, 7) is 1.98. The number of nitro groups is 1. The van der Waals surface area contributed by atoms with Gasteiger partial charge in [0.15, 0.2) is 0 Å². The minimum Gasteiger partial charge on any atom is -0.465 e. The molecule has 1 heterocycles. The largest absolute Gasteiger partial charge is 0.465 e. The molecule has 2 rings (SSSR count). The van der Waals surface area contributed by atoms with Crippen LogP contribution in [-0.2, 0) is 9.53 Å². The number of benzene rings is 1. The number of esters is 1. The maximum atomic E-state index is 11.4. The first kappa shape index (κ1) is 16.4. The second-order valence-electron chi connectivity index (χ2n) is 4.21. The highest BCUT2D eigenvalue weighted by atomic mass is 35.5. The molecule has 8 heteroatoms. The first-order valence-corrected chi connectivity index (χ1v) is 7.79. The van der Waals surface area contributed by atoms with Crippen molar-refractivity contribution in [3.05, 3.63) is 51.8 Å². The van der Waals surface area contributed by atoms with E-state index < -0.39 is 10.9 Å². The van der Waals surface area contributed by atoms with Gasteiger partial charge in [0.25, 0.3) is 5.69 Å². The molecule has 22 heavy (non-hydrogen) atoms. The molecule has 0 N–H and O–H groups in total. The Morgan fingerprint density at radius 1 is 1.41 bits per heavy atom. The van der Waals surface area contributed by atoms with E-state index in [-0.39, 0.29) is 23.1 Å². The summed E-state index contributed by atoms with van der Waals surface area (Å²) in [5.74, 6) is -0.416. The standard InChI is InChI=1S/C14H13ClN2O4S/c1-2-21-14(18)9-22-13-8-11(16-5-3-4-6-16)10(15)7-12(13)17(19)20/h3-8H,2,9H2,1H3. The van der Waals surface area contributed by atoms with Crippen LogP contribution in [-0.4, -0.2) is 27.8 Å². The van der Waals surface area contributed by atoms with Crippen LogP contribution in [0.5, 0.6) is 0 Å².